The number of hydrogen-bond donors (Lipinski definition) is 2. The van der Waals surface area contributed by atoms with E-state index in [9.17, 15) is 4.79 Å². The molecule has 1 amide bonds. The van der Waals surface area contributed by atoms with Crippen molar-refractivity contribution < 1.29 is 9.53 Å². The molecule has 1 saturated heterocycles. The fraction of sp³-hybridized carbons (Fsp3) is 0.778. The van der Waals surface area contributed by atoms with Crippen molar-refractivity contribution in [1.82, 2.24) is 4.90 Å². The third-order valence-electron chi connectivity index (χ3n) is 2.36. The number of ether oxygens (including phenoxy) is 1. The summed E-state index contributed by atoms with van der Waals surface area (Å²) in [7, 11) is 0. The summed E-state index contributed by atoms with van der Waals surface area (Å²) in [4.78, 5) is 13.0. The molecule has 1 aliphatic rings. The highest BCUT2D eigenvalue weighted by Gasteiger charge is 2.29. The van der Waals surface area contributed by atoms with Crippen LogP contribution in [0.1, 0.15) is 26.2 Å². The van der Waals surface area contributed by atoms with Gasteiger partial charge in [0.2, 0.25) is 0 Å². The van der Waals surface area contributed by atoms with Gasteiger partial charge in [0.15, 0.2) is 0 Å². The van der Waals surface area contributed by atoms with Gasteiger partial charge in [-0.3, -0.25) is 10.3 Å². The molecule has 14 heavy (non-hydrogen) atoms. The Morgan fingerprint density at radius 1 is 1.64 bits per heavy atom. The van der Waals surface area contributed by atoms with Gasteiger partial charge in [0.25, 0.3) is 0 Å². The topological polar surface area (TPSA) is 79.4 Å². The van der Waals surface area contributed by atoms with Crippen molar-refractivity contribution in [3.8, 4) is 0 Å². The number of nitrogens with zero attached hydrogens (tertiary/aromatic N) is 1. The van der Waals surface area contributed by atoms with Crippen LogP contribution in [-0.2, 0) is 4.74 Å². The summed E-state index contributed by atoms with van der Waals surface area (Å²) in [6.45, 7) is 2.77. The molecule has 0 aromatic rings. The highest BCUT2D eigenvalue weighted by molar-refractivity contribution is 5.86. The molecule has 5 nitrogen and oxygen atoms in total. The van der Waals surface area contributed by atoms with E-state index >= 15 is 0 Å². The van der Waals surface area contributed by atoms with Gasteiger partial charge in [-0.05, 0) is 26.2 Å². The lowest BCUT2D eigenvalue weighted by Crippen LogP contribution is -2.50. The molecule has 5 heteroatoms. The standard InChI is InChI=1S/C9H17N3O2/c1-2-14-9(13)12-6-4-3-5-7(12)8(10)11/h7H,2-6H2,1H3,(H3,10,11). The SMILES string of the molecule is CCOC(=O)N1CCCCC1C(=N)N. The minimum atomic E-state index is -0.354. The van der Waals surface area contributed by atoms with Crippen LogP contribution in [0.15, 0.2) is 0 Å². The minimum Gasteiger partial charge on any atom is -0.450 e. The first-order valence-electron chi connectivity index (χ1n) is 4.94. The minimum absolute atomic E-state index is 0.0535. The smallest absolute Gasteiger partial charge is 0.410 e. The molecule has 0 aliphatic carbocycles. The molecule has 0 aromatic heterocycles. The first-order chi connectivity index (χ1) is 6.66. The van der Waals surface area contributed by atoms with Crippen molar-refractivity contribution in [1.29, 1.82) is 5.41 Å². The van der Waals surface area contributed by atoms with Gasteiger partial charge in [-0.1, -0.05) is 0 Å². The van der Waals surface area contributed by atoms with E-state index in [0.29, 0.717) is 13.2 Å². The number of piperidine rings is 1. The van der Waals surface area contributed by atoms with Gasteiger partial charge in [0, 0.05) is 6.54 Å². The summed E-state index contributed by atoms with van der Waals surface area (Å²) < 4.78 is 4.90. The zero-order valence-electron chi connectivity index (χ0n) is 8.45. The second kappa shape index (κ2) is 4.83. The van der Waals surface area contributed by atoms with Crippen LogP contribution in [0.2, 0.25) is 0 Å². The van der Waals surface area contributed by atoms with Crippen molar-refractivity contribution in [3.05, 3.63) is 0 Å². The molecular weight excluding hydrogens is 182 g/mol. The molecule has 0 aromatic carbocycles. The average molecular weight is 199 g/mol. The molecule has 0 saturated carbocycles. The highest BCUT2D eigenvalue weighted by atomic mass is 16.6. The van der Waals surface area contributed by atoms with Crippen molar-refractivity contribution in [2.75, 3.05) is 13.2 Å². The monoisotopic (exact) mass is 199 g/mol. The quantitative estimate of drug-likeness (QED) is 0.513. The van der Waals surface area contributed by atoms with E-state index in [4.69, 9.17) is 15.9 Å². The van der Waals surface area contributed by atoms with E-state index in [1.54, 1.807) is 11.8 Å². The van der Waals surface area contributed by atoms with E-state index in [1.807, 2.05) is 0 Å². The summed E-state index contributed by atoms with van der Waals surface area (Å²) in [5, 5.41) is 7.37. The molecule has 1 fully saturated rings. The average Bonchev–Trinajstić information content (AvgIpc) is 2.18. The summed E-state index contributed by atoms with van der Waals surface area (Å²) in [5.41, 5.74) is 5.43. The molecule has 1 unspecified atom stereocenters. The lowest BCUT2D eigenvalue weighted by molar-refractivity contribution is 0.0900. The second-order valence-electron chi connectivity index (χ2n) is 3.36. The van der Waals surface area contributed by atoms with Crippen LogP contribution >= 0.6 is 0 Å². The zero-order chi connectivity index (χ0) is 10.6. The van der Waals surface area contributed by atoms with E-state index in [-0.39, 0.29) is 18.0 Å². The van der Waals surface area contributed by atoms with E-state index < -0.39 is 0 Å². The van der Waals surface area contributed by atoms with E-state index in [2.05, 4.69) is 0 Å². The fourth-order valence-electron chi connectivity index (χ4n) is 1.68. The number of carbonyl (C=O) groups is 1. The fourth-order valence-corrected chi connectivity index (χ4v) is 1.68. The number of carbonyl (C=O) groups excluding carboxylic acids is 1. The predicted octanol–water partition coefficient (Wildman–Crippen LogP) is 0.933. The number of amides is 1. The predicted molar refractivity (Wildman–Crippen MR) is 53.3 cm³/mol. The second-order valence-corrected chi connectivity index (χ2v) is 3.36. The number of nitrogens with one attached hydrogen (secondary N) is 1. The number of nitrogens with two attached hydrogens (primary N) is 1. The highest BCUT2D eigenvalue weighted by Crippen LogP contribution is 2.17. The molecule has 1 aliphatic heterocycles. The van der Waals surface area contributed by atoms with Gasteiger partial charge in [-0.15, -0.1) is 0 Å². The van der Waals surface area contributed by atoms with Gasteiger partial charge in [0.05, 0.1) is 12.6 Å². The number of amidine groups is 1. The number of hydrogen-bond acceptors (Lipinski definition) is 3. The van der Waals surface area contributed by atoms with Crippen molar-refractivity contribution >= 4 is 11.9 Å². The van der Waals surface area contributed by atoms with Crippen LogP contribution < -0.4 is 5.73 Å². The first-order valence-corrected chi connectivity index (χ1v) is 4.94. The van der Waals surface area contributed by atoms with Gasteiger partial charge >= 0.3 is 6.09 Å². The Hall–Kier alpha value is -1.26. The Morgan fingerprint density at radius 2 is 2.36 bits per heavy atom. The number of rotatable bonds is 2. The van der Waals surface area contributed by atoms with Crippen molar-refractivity contribution in [3.63, 3.8) is 0 Å². The molecule has 0 bridgehead atoms. The normalized spacial score (nSPS) is 21.8. The summed E-state index contributed by atoms with van der Waals surface area (Å²) in [6, 6.07) is -0.261. The maximum absolute atomic E-state index is 11.5. The van der Waals surface area contributed by atoms with Gasteiger partial charge in [-0.2, -0.15) is 0 Å². The molecule has 0 radical (unpaired) electrons. The van der Waals surface area contributed by atoms with Crippen LogP contribution in [0.4, 0.5) is 4.79 Å². The van der Waals surface area contributed by atoms with Crippen LogP contribution in [0.3, 0.4) is 0 Å². The number of likely N-dealkylation sites (tertiary alicyclic amines) is 1. The van der Waals surface area contributed by atoms with Gasteiger partial charge in [0.1, 0.15) is 5.84 Å². The molecule has 1 rings (SSSR count). The molecule has 80 valence electrons. The Morgan fingerprint density at radius 3 is 2.93 bits per heavy atom. The third kappa shape index (κ3) is 2.37. The van der Waals surface area contributed by atoms with E-state index in [0.717, 1.165) is 19.3 Å². The molecule has 1 atom stereocenters. The lowest BCUT2D eigenvalue weighted by atomic mass is 10.0. The molecule has 0 spiro atoms. The van der Waals surface area contributed by atoms with Crippen LogP contribution in [0, 0.1) is 5.41 Å². The lowest BCUT2D eigenvalue weighted by Gasteiger charge is -2.33. The maximum atomic E-state index is 11.5. The molecule has 1 heterocycles. The molecular formula is C9H17N3O2. The zero-order valence-corrected chi connectivity index (χ0v) is 8.45. The van der Waals surface area contributed by atoms with Crippen LogP contribution in [-0.4, -0.2) is 36.0 Å². The third-order valence-corrected chi connectivity index (χ3v) is 2.36. The van der Waals surface area contributed by atoms with Gasteiger partial charge < -0.3 is 10.5 Å². The Kier molecular flexibility index (Phi) is 3.73. The Labute approximate surface area is 83.7 Å². The van der Waals surface area contributed by atoms with E-state index in [1.165, 1.54) is 0 Å². The van der Waals surface area contributed by atoms with Crippen LogP contribution in [0.5, 0.6) is 0 Å². The Bertz CT molecular complexity index is 230. The van der Waals surface area contributed by atoms with Crippen LogP contribution in [0.25, 0.3) is 0 Å². The molecule has 3 N–H and O–H groups in total. The summed E-state index contributed by atoms with van der Waals surface area (Å²) in [5.74, 6) is 0.0535. The first kappa shape index (κ1) is 10.8. The summed E-state index contributed by atoms with van der Waals surface area (Å²) >= 11 is 0. The summed E-state index contributed by atoms with van der Waals surface area (Å²) in [6.07, 6.45) is 2.39. The Balaban J connectivity index is 2.62. The maximum Gasteiger partial charge on any atom is 0.410 e. The van der Waals surface area contributed by atoms with Crippen molar-refractivity contribution in [2.24, 2.45) is 5.73 Å². The largest absolute Gasteiger partial charge is 0.450 e. The van der Waals surface area contributed by atoms with Gasteiger partial charge in [-0.25, -0.2) is 4.79 Å². The van der Waals surface area contributed by atoms with Crippen molar-refractivity contribution in [2.45, 2.75) is 32.2 Å².